The Morgan fingerprint density at radius 3 is 2.00 bits per heavy atom. The minimum atomic E-state index is -0.939. The van der Waals surface area contributed by atoms with E-state index in [4.69, 9.17) is 4.74 Å². The SMILES string of the molecule is CSCC[C@H](NC=O)C(=O)N[C@H](CC(C)C)C(=O)N[C@@H](Cc1ccccc1)C(=O)OCc1ccccc1. The fourth-order valence-electron chi connectivity index (χ4n) is 3.73. The van der Waals surface area contributed by atoms with Crippen molar-refractivity contribution in [3.63, 3.8) is 0 Å². The van der Waals surface area contributed by atoms with Gasteiger partial charge in [-0.15, -0.1) is 0 Å². The van der Waals surface area contributed by atoms with Gasteiger partial charge in [-0.3, -0.25) is 14.4 Å². The normalized spacial score (nSPS) is 13.2. The maximum atomic E-state index is 13.4. The molecule has 0 saturated heterocycles. The van der Waals surface area contributed by atoms with Crippen molar-refractivity contribution in [1.82, 2.24) is 16.0 Å². The van der Waals surface area contributed by atoms with Crippen LogP contribution < -0.4 is 16.0 Å². The molecule has 3 amide bonds. The molecule has 3 atom stereocenters. The van der Waals surface area contributed by atoms with Gasteiger partial charge in [-0.2, -0.15) is 11.8 Å². The molecule has 2 rings (SSSR count). The van der Waals surface area contributed by atoms with Crippen LogP contribution in [0.4, 0.5) is 0 Å². The van der Waals surface area contributed by atoms with Crippen LogP contribution in [0.1, 0.15) is 37.8 Å². The van der Waals surface area contributed by atoms with Crippen LogP contribution in [0.15, 0.2) is 60.7 Å². The molecule has 0 aliphatic rings. The Morgan fingerprint density at radius 1 is 0.865 bits per heavy atom. The van der Waals surface area contributed by atoms with Gasteiger partial charge in [0.25, 0.3) is 0 Å². The summed E-state index contributed by atoms with van der Waals surface area (Å²) in [5.41, 5.74) is 1.70. The molecule has 0 spiro atoms. The summed E-state index contributed by atoms with van der Waals surface area (Å²) in [6, 6.07) is 16.1. The van der Waals surface area contributed by atoms with Crippen LogP contribution in [0.5, 0.6) is 0 Å². The summed E-state index contributed by atoms with van der Waals surface area (Å²) in [7, 11) is 0. The van der Waals surface area contributed by atoms with Gasteiger partial charge in [-0.1, -0.05) is 74.5 Å². The first-order valence-electron chi connectivity index (χ1n) is 12.4. The zero-order valence-corrected chi connectivity index (χ0v) is 22.5. The Kier molecular flexibility index (Phi) is 13.3. The summed E-state index contributed by atoms with van der Waals surface area (Å²) in [6.45, 7) is 3.97. The maximum Gasteiger partial charge on any atom is 0.329 e. The van der Waals surface area contributed by atoms with E-state index >= 15 is 0 Å². The molecule has 0 fully saturated rings. The van der Waals surface area contributed by atoms with E-state index in [2.05, 4.69) is 16.0 Å². The molecule has 2 aromatic rings. The first-order chi connectivity index (χ1) is 17.8. The fraction of sp³-hybridized carbons (Fsp3) is 0.429. The average molecular weight is 528 g/mol. The van der Waals surface area contributed by atoms with Crippen LogP contribution >= 0.6 is 11.8 Å². The van der Waals surface area contributed by atoms with Crippen molar-refractivity contribution in [3.8, 4) is 0 Å². The maximum absolute atomic E-state index is 13.4. The van der Waals surface area contributed by atoms with Gasteiger partial charge in [0.05, 0.1) is 0 Å². The van der Waals surface area contributed by atoms with Crippen molar-refractivity contribution in [1.29, 1.82) is 0 Å². The predicted octanol–water partition coefficient (Wildman–Crippen LogP) is 2.86. The monoisotopic (exact) mass is 527 g/mol. The highest BCUT2D eigenvalue weighted by atomic mass is 32.2. The Morgan fingerprint density at radius 2 is 1.43 bits per heavy atom. The molecule has 0 heterocycles. The van der Waals surface area contributed by atoms with Crippen LogP contribution in [0.3, 0.4) is 0 Å². The van der Waals surface area contributed by atoms with Crippen LogP contribution in [0.2, 0.25) is 0 Å². The second kappa shape index (κ2) is 16.4. The lowest BCUT2D eigenvalue weighted by Crippen LogP contribution is -2.56. The van der Waals surface area contributed by atoms with E-state index in [1.807, 2.05) is 80.8 Å². The number of amides is 3. The lowest BCUT2D eigenvalue weighted by Gasteiger charge is -2.25. The van der Waals surface area contributed by atoms with E-state index in [1.54, 1.807) is 11.8 Å². The molecular weight excluding hydrogens is 490 g/mol. The predicted molar refractivity (Wildman–Crippen MR) is 146 cm³/mol. The van der Waals surface area contributed by atoms with Crippen LogP contribution in [0, 0.1) is 5.92 Å². The Labute approximate surface area is 223 Å². The van der Waals surface area contributed by atoms with Crippen molar-refractivity contribution in [2.24, 2.45) is 5.92 Å². The van der Waals surface area contributed by atoms with Crippen LogP contribution in [0.25, 0.3) is 0 Å². The Hall–Kier alpha value is -3.33. The van der Waals surface area contributed by atoms with Crippen molar-refractivity contribution in [3.05, 3.63) is 71.8 Å². The van der Waals surface area contributed by atoms with Gasteiger partial charge in [-0.05, 0) is 41.9 Å². The van der Waals surface area contributed by atoms with Crippen molar-refractivity contribution in [2.75, 3.05) is 12.0 Å². The van der Waals surface area contributed by atoms with Crippen molar-refractivity contribution in [2.45, 2.75) is 57.8 Å². The smallest absolute Gasteiger partial charge is 0.329 e. The molecule has 9 heteroatoms. The molecular formula is C28H37N3O5S. The van der Waals surface area contributed by atoms with E-state index in [-0.39, 0.29) is 18.9 Å². The standard InChI is InChI=1S/C28H37N3O5S/c1-20(2)16-24(30-26(33)23(29-19-32)14-15-37-3)27(34)31-25(17-21-10-6-4-7-11-21)28(35)36-18-22-12-8-5-9-13-22/h4-13,19-20,23-25H,14-18H2,1-3H3,(H,29,32)(H,30,33)(H,31,34)/t23-,24+,25-/m0/s1. The minimum absolute atomic E-state index is 0.0848. The second-order valence-electron chi connectivity index (χ2n) is 9.15. The first kappa shape index (κ1) is 29.9. The number of hydrogen-bond donors (Lipinski definition) is 3. The number of thioether (sulfide) groups is 1. The molecule has 8 nitrogen and oxygen atoms in total. The zero-order chi connectivity index (χ0) is 27.0. The highest BCUT2D eigenvalue weighted by Crippen LogP contribution is 2.11. The average Bonchev–Trinajstić information content (AvgIpc) is 2.89. The summed E-state index contributed by atoms with van der Waals surface area (Å²) < 4.78 is 5.53. The van der Waals surface area contributed by atoms with Crippen LogP contribution in [-0.4, -0.2) is 54.3 Å². The topological polar surface area (TPSA) is 114 Å². The highest BCUT2D eigenvalue weighted by Gasteiger charge is 2.30. The number of rotatable bonds is 16. The largest absolute Gasteiger partial charge is 0.459 e. The highest BCUT2D eigenvalue weighted by molar-refractivity contribution is 7.98. The van der Waals surface area contributed by atoms with Gasteiger partial charge < -0.3 is 20.7 Å². The molecule has 0 saturated carbocycles. The molecule has 0 aliphatic carbocycles. The molecule has 37 heavy (non-hydrogen) atoms. The van der Waals surface area contributed by atoms with Crippen molar-refractivity contribution < 1.29 is 23.9 Å². The van der Waals surface area contributed by atoms with E-state index in [1.165, 1.54) is 0 Å². The summed E-state index contributed by atoms with van der Waals surface area (Å²) in [6.07, 6.45) is 3.44. The minimum Gasteiger partial charge on any atom is -0.459 e. The molecule has 0 unspecified atom stereocenters. The second-order valence-corrected chi connectivity index (χ2v) is 10.1. The number of ether oxygens (including phenoxy) is 1. The number of carbonyl (C=O) groups excluding carboxylic acids is 4. The van der Waals surface area contributed by atoms with Gasteiger partial charge in [0.1, 0.15) is 24.7 Å². The molecule has 0 radical (unpaired) electrons. The van der Waals surface area contributed by atoms with E-state index < -0.39 is 35.9 Å². The number of carbonyl (C=O) groups is 4. The van der Waals surface area contributed by atoms with E-state index in [0.717, 1.165) is 11.1 Å². The number of benzene rings is 2. The van der Waals surface area contributed by atoms with Crippen molar-refractivity contribution >= 4 is 36.0 Å². The molecule has 0 bridgehead atoms. The zero-order valence-electron chi connectivity index (χ0n) is 21.6. The van der Waals surface area contributed by atoms with Gasteiger partial charge in [0, 0.05) is 6.42 Å². The lowest BCUT2D eigenvalue weighted by atomic mass is 10.0. The Bertz CT molecular complexity index is 988. The fourth-order valence-corrected chi connectivity index (χ4v) is 4.20. The summed E-state index contributed by atoms with van der Waals surface area (Å²) >= 11 is 1.56. The van der Waals surface area contributed by atoms with Crippen LogP contribution in [-0.2, 0) is 36.9 Å². The third-order valence-corrected chi connectivity index (χ3v) is 6.29. The lowest BCUT2D eigenvalue weighted by molar-refractivity contribution is -0.149. The Balaban J connectivity index is 2.16. The van der Waals surface area contributed by atoms with Gasteiger partial charge in [0.15, 0.2) is 0 Å². The number of nitrogens with one attached hydrogen (secondary N) is 3. The molecule has 2 aromatic carbocycles. The quantitative estimate of drug-likeness (QED) is 0.229. The third-order valence-electron chi connectivity index (χ3n) is 5.64. The van der Waals surface area contributed by atoms with E-state index in [0.29, 0.717) is 25.0 Å². The number of esters is 1. The van der Waals surface area contributed by atoms with Gasteiger partial charge >= 0.3 is 5.97 Å². The molecule has 0 aromatic heterocycles. The van der Waals surface area contributed by atoms with Gasteiger partial charge in [0.2, 0.25) is 18.2 Å². The van der Waals surface area contributed by atoms with E-state index in [9.17, 15) is 19.2 Å². The summed E-state index contributed by atoms with van der Waals surface area (Å²) in [4.78, 5) is 50.3. The molecule has 3 N–H and O–H groups in total. The molecule has 0 aliphatic heterocycles. The number of hydrogen-bond acceptors (Lipinski definition) is 6. The third kappa shape index (κ3) is 11.1. The first-order valence-corrected chi connectivity index (χ1v) is 13.8. The molecule has 200 valence electrons. The summed E-state index contributed by atoms with van der Waals surface area (Å²) in [5.74, 6) is -0.706. The summed E-state index contributed by atoms with van der Waals surface area (Å²) in [5, 5.41) is 8.11. The van der Waals surface area contributed by atoms with Gasteiger partial charge in [-0.25, -0.2) is 4.79 Å².